The van der Waals surface area contributed by atoms with Gasteiger partial charge in [0.15, 0.2) is 0 Å². The van der Waals surface area contributed by atoms with Crippen molar-refractivity contribution in [2.75, 3.05) is 0 Å². The van der Waals surface area contributed by atoms with Gasteiger partial charge in [0.1, 0.15) is 10.7 Å². The Hall–Kier alpha value is -1.47. The molecule has 0 saturated heterocycles. The highest BCUT2D eigenvalue weighted by Crippen LogP contribution is 2.25. The van der Waals surface area contributed by atoms with Crippen molar-refractivity contribution in [2.24, 2.45) is 5.41 Å². The van der Waals surface area contributed by atoms with Crippen molar-refractivity contribution in [3.05, 3.63) is 29.6 Å². The van der Waals surface area contributed by atoms with Gasteiger partial charge in [-0.05, 0) is 58.7 Å². The lowest BCUT2D eigenvalue weighted by Gasteiger charge is -2.21. The Bertz CT molecular complexity index is 675. The molecule has 0 radical (unpaired) electrons. The maximum absolute atomic E-state index is 14.1. The first-order valence-electron chi connectivity index (χ1n) is 6.80. The molecule has 0 saturated carbocycles. The molecule has 0 spiro atoms. The number of hydrogen-bond donors (Lipinski definition) is 2. The number of carbonyl (C=O) groups is 1. The Morgan fingerprint density at radius 1 is 1.23 bits per heavy atom. The fourth-order valence-electron chi connectivity index (χ4n) is 1.92. The number of aliphatic carboxylic acids is 1. The van der Waals surface area contributed by atoms with Crippen LogP contribution in [0, 0.1) is 11.2 Å². The van der Waals surface area contributed by atoms with Crippen LogP contribution in [0.15, 0.2) is 23.1 Å². The van der Waals surface area contributed by atoms with Crippen LogP contribution in [0.2, 0.25) is 0 Å². The van der Waals surface area contributed by atoms with E-state index in [1.54, 1.807) is 20.8 Å². The van der Waals surface area contributed by atoms with Gasteiger partial charge in [-0.2, -0.15) is 0 Å². The molecule has 5 nitrogen and oxygen atoms in total. The van der Waals surface area contributed by atoms with Gasteiger partial charge in [-0.25, -0.2) is 17.5 Å². The molecule has 0 heterocycles. The zero-order chi connectivity index (χ0) is 17.3. The lowest BCUT2D eigenvalue weighted by Crippen LogP contribution is -2.40. The highest BCUT2D eigenvalue weighted by atomic mass is 32.2. The second-order valence-corrected chi connectivity index (χ2v) is 8.64. The fourth-order valence-corrected chi connectivity index (χ4v) is 3.40. The fraction of sp³-hybridized carbons (Fsp3) is 0.533. The summed E-state index contributed by atoms with van der Waals surface area (Å²) in [7, 11) is -3.97. The number of sulfonamides is 1. The van der Waals surface area contributed by atoms with E-state index in [0.717, 1.165) is 12.1 Å². The smallest absolute Gasteiger partial charge is 0.309 e. The largest absolute Gasteiger partial charge is 0.481 e. The average molecular weight is 331 g/mol. The minimum absolute atomic E-state index is 0.103. The van der Waals surface area contributed by atoms with Crippen LogP contribution in [-0.2, 0) is 21.2 Å². The van der Waals surface area contributed by atoms with Crippen molar-refractivity contribution >= 4 is 16.0 Å². The molecule has 0 bridgehead atoms. The third-order valence-electron chi connectivity index (χ3n) is 2.95. The minimum atomic E-state index is -3.97. The van der Waals surface area contributed by atoms with E-state index >= 15 is 0 Å². The van der Waals surface area contributed by atoms with Crippen LogP contribution in [0.4, 0.5) is 4.39 Å². The molecule has 2 N–H and O–H groups in total. The molecule has 7 heteroatoms. The second kappa shape index (κ2) is 5.96. The van der Waals surface area contributed by atoms with E-state index in [4.69, 9.17) is 5.11 Å². The zero-order valence-electron chi connectivity index (χ0n) is 13.4. The molecule has 1 aromatic rings. The van der Waals surface area contributed by atoms with Gasteiger partial charge < -0.3 is 5.11 Å². The third-order valence-corrected chi connectivity index (χ3v) is 4.74. The summed E-state index contributed by atoms with van der Waals surface area (Å²) in [6.45, 7) is 8.03. The molecule has 0 amide bonds. The van der Waals surface area contributed by atoms with Crippen LogP contribution < -0.4 is 4.72 Å². The molecule has 1 rings (SSSR count). The summed E-state index contributed by atoms with van der Waals surface area (Å²) in [6.07, 6.45) is 0.103. The van der Waals surface area contributed by atoms with Gasteiger partial charge in [-0.1, -0.05) is 6.07 Å². The van der Waals surface area contributed by atoms with Gasteiger partial charge in [-0.15, -0.1) is 0 Å². The Morgan fingerprint density at radius 3 is 2.18 bits per heavy atom. The van der Waals surface area contributed by atoms with Crippen molar-refractivity contribution in [1.82, 2.24) is 4.72 Å². The summed E-state index contributed by atoms with van der Waals surface area (Å²) in [4.78, 5) is 10.6. The molecular formula is C15H22FNO4S. The summed E-state index contributed by atoms with van der Waals surface area (Å²) >= 11 is 0. The van der Waals surface area contributed by atoms with Crippen molar-refractivity contribution < 1.29 is 22.7 Å². The predicted molar refractivity (Wildman–Crippen MR) is 81.6 cm³/mol. The van der Waals surface area contributed by atoms with E-state index in [-0.39, 0.29) is 6.42 Å². The van der Waals surface area contributed by atoms with Crippen LogP contribution >= 0.6 is 0 Å². The number of carboxylic acid groups (broad SMARTS) is 1. The average Bonchev–Trinajstić information content (AvgIpc) is 2.23. The Balaban J connectivity index is 3.13. The molecule has 0 unspecified atom stereocenters. The van der Waals surface area contributed by atoms with Crippen molar-refractivity contribution in [3.63, 3.8) is 0 Å². The Labute approximate surface area is 130 Å². The maximum atomic E-state index is 14.1. The van der Waals surface area contributed by atoms with Crippen LogP contribution in [0.25, 0.3) is 0 Å². The first-order chi connectivity index (χ1) is 9.74. The van der Waals surface area contributed by atoms with E-state index in [1.807, 2.05) is 0 Å². The van der Waals surface area contributed by atoms with E-state index in [0.29, 0.717) is 5.56 Å². The second-order valence-electron chi connectivity index (χ2n) is 6.99. The number of nitrogens with one attached hydrogen (secondary N) is 1. The normalized spacial score (nSPS) is 13.2. The van der Waals surface area contributed by atoms with E-state index in [2.05, 4.69) is 4.72 Å². The first-order valence-corrected chi connectivity index (χ1v) is 8.29. The van der Waals surface area contributed by atoms with Gasteiger partial charge in [0, 0.05) is 5.54 Å². The van der Waals surface area contributed by atoms with E-state index in [1.165, 1.54) is 19.9 Å². The molecule has 0 aromatic heterocycles. The molecule has 124 valence electrons. The van der Waals surface area contributed by atoms with E-state index in [9.17, 15) is 17.6 Å². The van der Waals surface area contributed by atoms with Gasteiger partial charge >= 0.3 is 5.97 Å². The number of hydrogen-bond acceptors (Lipinski definition) is 3. The number of halogens is 1. The van der Waals surface area contributed by atoms with Gasteiger partial charge in [0.25, 0.3) is 0 Å². The quantitative estimate of drug-likeness (QED) is 0.868. The minimum Gasteiger partial charge on any atom is -0.481 e. The van der Waals surface area contributed by atoms with Crippen LogP contribution in [0.3, 0.4) is 0 Å². The zero-order valence-corrected chi connectivity index (χ0v) is 14.2. The molecule has 1 aromatic carbocycles. The van der Waals surface area contributed by atoms with Crippen LogP contribution in [0.1, 0.15) is 40.2 Å². The summed E-state index contributed by atoms with van der Waals surface area (Å²) in [6, 6.07) is 3.67. The highest BCUT2D eigenvalue weighted by molar-refractivity contribution is 7.89. The lowest BCUT2D eigenvalue weighted by atomic mass is 9.86. The van der Waals surface area contributed by atoms with Crippen molar-refractivity contribution in [3.8, 4) is 0 Å². The number of benzene rings is 1. The predicted octanol–water partition coefficient (Wildman–Crippen LogP) is 2.56. The third kappa shape index (κ3) is 4.78. The lowest BCUT2D eigenvalue weighted by molar-refractivity contribution is -0.146. The summed E-state index contributed by atoms with van der Waals surface area (Å²) < 4.78 is 40.8. The molecule has 0 aliphatic carbocycles. The van der Waals surface area contributed by atoms with Crippen molar-refractivity contribution in [2.45, 2.75) is 51.5 Å². The Kier molecular flexibility index (Phi) is 5.04. The molecule has 0 atom stereocenters. The molecule has 0 fully saturated rings. The highest BCUT2D eigenvalue weighted by Gasteiger charge is 2.29. The Morgan fingerprint density at radius 2 is 1.77 bits per heavy atom. The monoisotopic (exact) mass is 331 g/mol. The number of rotatable bonds is 5. The molecule has 22 heavy (non-hydrogen) atoms. The maximum Gasteiger partial charge on any atom is 0.309 e. The SMILES string of the molecule is CC(C)(C)NS(=O)(=O)c1ccc(CC(C)(C)C(=O)O)cc1F. The van der Waals surface area contributed by atoms with Crippen molar-refractivity contribution in [1.29, 1.82) is 0 Å². The first kappa shape index (κ1) is 18.6. The topological polar surface area (TPSA) is 83.5 Å². The van der Waals surface area contributed by atoms with Gasteiger partial charge in [-0.3, -0.25) is 4.79 Å². The molecular weight excluding hydrogens is 309 g/mol. The van der Waals surface area contributed by atoms with Gasteiger partial charge in [0.05, 0.1) is 5.41 Å². The summed E-state index contributed by atoms with van der Waals surface area (Å²) in [5, 5.41) is 9.08. The summed E-state index contributed by atoms with van der Waals surface area (Å²) in [5.41, 5.74) is -1.36. The van der Waals surface area contributed by atoms with Crippen LogP contribution in [0.5, 0.6) is 0 Å². The van der Waals surface area contributed by atoms with E-state index < -0.39 is 37.7 Å². The summed E-state index contributed by atoms with van der Waals surface area (Å²) in [5.74, 6) is -1.89. The number of carboxylic acids is 1. The standard InChI is InChI=1S/C15H22FNO4S/c1-14(2,3)17-22(20,21)12-7-6-10(8-11(12)16)9-15(4,5)13(18)19/h6-8,17H,9H2,1-5H3,(H,18,19). The van der Waals surface area contributed by atoms with Crippen LogP contribution in [-0.4, -0.2) is 25.0 Å². The van der Waals surface area contributed by atoms with Gasteiger partial charge in [0.2, 0.25) is 10.0 Å². The molecule has 0 aliphatic rings. The molecule has 0 aliphatic heterocycles.